The van der Waals surface area contributed by atoms with Gasteiger partial charge in [0, 0.05) is 5.92 Å². The van der Waals surface area contributed by atoms with Gasteiger partial charge in [-0.15, -0.1) is 6.42 Å². The molecule has 0 aromatic heterocycles. The predicted molar refractivity (Wildman–Crippen MR) is 42.2 cm³/mol. The highest BCUT2D eigenvalue weighted by atomic mass is 16.5. The average Bonchev–Trinajstić information content (AvgIpc) is 2.03. The maximum Gasteiger partial charge on any atom is 0.322 e. The summed E-state index contributed by atoms with van der Waals surface area (Å²) in [4.78, 5) is 10.9. The molecule has 0 fully saturated rings. The molecule has 0 aromatic carbocycles. The second kappa shape index (κ2) is 5.38. The largest absolute Gasteiger partial charge is 0.371 e. The van der Waals surface area contributed by atoms with Crippen LogP contribution in [-0.2, 0) is 9.53 Å². The van der Waals surface area contributed by atoms with E-state index in [-0.39, 0.29) is 11.9 Å². The van der Waals surface area contributed by atoms with Crippen LogP contribution >= 0.6 is 0 Å². The standard InChI is InChI=1S/C9H10O2/c1-4-6-7-11-9(10)8(3)5-2/h1,8H,5H2,2-3H3. The summed E-state index contributed by atoms with van der Waals surface area (Å²) < 4.78 is 4.49. The molecule has 2 nitrogen and oxygen atoms in total. The molecular formula is C9H10O2. The van der Waals surface area contributed by atoms with Crippen molar-refractivity contribution in [1.29, 1.82) is 0 Å². The summed E-state index contributed by atoms with van der Waals surface area (Å²) in [6, 6.07) is 0. The van der Waals surface area contributed by atoms with E-state index in [0.717, 1.165) is 6.42 Å². The van der Waals surface area contributed by atoms with Crippen LogP contribution in [0.2, 0.25) is 0 Å². The summed E-state index contributed by atoms with van der Waals surface area (Å²) in [6.45, 7) is 3.68. The maximum absolute atomic E-state index is 10.9. The van der Waals surface area contributed by atoms with Crippen LogP contribution in [0.3, 0.4) is 0 Å². The van der Waals surface area contributed by atoms with Gasteiger partial charge in [-0.05, 0) is 12.3 Å². The van der Waals surface area contributed by atoms with Crippen molar-refractivity contribution < 1.29 is 9.53 Å². The maximum atomic E-state index is 10.9. The number of terminal acetylenes is 1. The van der Waals surface area contributed by atoms with E-state index in [9.17, 15) is 4.79 Å². The SMILES string of the molecule is C#CC#COC(=O)C(C)CC. The lowest BCUT2D eigenvalue weighted by Gasteiger charge is -2.01. The minimum atomic E-state index is -0.324. The fourth-order valence-electron chi connectivity index (χ4n) is 0.373. The lowest BCUT2D eigenvalue weighted by Crippen LogP contribution is -2.10. The van der Waals surface area contributed by atoms with E-state index in [1.165, 1.54) is 0 Å². The van der Waals surface area contributed by atoms with Gasteiger partial charge in [0.15, 0.2) is 0 Å². The van der Waals surface area contributed by atoms with Crippen LogP contribution in [0.4, 0.5) is 0 Å². The molecule has 2 heteroatoms. The summed E-state index contributed by atoms with van der Waals surface area (Å²) in [5.74, 6) is 3.80. The summed E-state index contributed by atoms with van der Waals surface area (Å²) in [5.41, 5.74) is 0. The Labute approximate surface area is 66.9 Å². The minimum Gasteiger partial charge on any atom is -0.371 e. The Bertz CT molecular complexity index is 224. The first-order valence-corrected chi connectivity index (χ1v) is 3.38. The van der Waals surface area contributed by atoms with Gasteiger partial charge < -0.3 is 4.74 Å². The number of hydrogen-bond donors (Lipinski definition) is 0. The molecule has 0 heterocycles. The quantitative estimate of drug-likeness (QED) is 0.436. The summed E-state index contributed by atoms with van der Waals surface area (Å²) in [6.07, 6.45) is 7.67. The number of carbonyl (C=O) groups excluding carboxylic acids is 1. The van der Waals surface area contributed by atoms with Gasteiger partial charge in [-0.25, -0.2) is 0 Å². The predicted octanol–water partition coefficient (Wildman–Crippen LogP) is 1.17. The number of hydrogen-bond acceptors (Lipinski definition) is 2. The monoisotopic (exact) mass is 150 g/mol. The smallest absolute Gasteiger partial charge is 0.322 e. The van der Waals surface area contributed by atoms with Gasteiger partial charge >= 0.3 is 5.97 Å². The molecule has 0 radical (unpaired) electrons. The van der Waals surface area contributed by atoms with Crippen molar-refractivity contribution in [2.24, 2.45) is 5.92 Å². The molecule has 0 amide bonds. The zero-order valence-electron chi connectivity index (χ0n) is 6.68. The minimum absolute atomic E-state index is 0.109. The van der Waals surface area contributed by atoms with Crippen molar-refractivity contribution in [1.82, 2.24) is 0 Å². The van der Waals surface area contributed by atoms with E-state index in [4.69, 9.17) is 6.42 Å². The van der Waals surface area contributed by atoms with Crippen molar-refractivity contribution in [3.8, 4) is 24.4 Å². The molecule has 0 aliphatic heterocycles. The average molecular weight is 150 g/mol. The fourth-order valence-corrected chi connectivity index (χ4v) is 0.373. The summed E-state index contributed by atoms with van der Waals surface area (Å²) >= 11 is 0. The third-order valence-electron chi connectivity index (χ3n) is 1.29. The molecule has 0 aliphatic carbocycles. The molecular weight excluding hydrogens is 140 g/mol. The Hall–Kier alpha value is -1.41. The van der Waals surface area contributed by atoms with E-state index >= 15 is 0 Å². The normalized spacial score (nSPS) is 10.3. The first-order valence-electron chi connectivity index (χ1n) is 3.38. The molecule has 1 atom stereocenters. The number of ether oxygens (including phenoxy) is 1. The third-order valence-corrected chi connectivity index (χ3v) is 1.29. The number of esters is 1. The molecule has 0 saturated heterocycles. The number of rotatable bonds is 2. The van der Waals surface area contributed by atoms with Crippen LogP contribution in [-0.4, -0.2) is 5.97 Å². The zero-order valence-corrected chi connectivity index (χ0v) is 6.68. The van der Waals surface area contributed by atoms with Crippen LogP contribution in [0.5, 0.6) is 0 Å². The first kappa shape index (κ1) is 9.59. The first-order chi connectivity index (χ1) is 5.22. The van der Waals surface area contributed by atoms with Crippen LogP contribution in [0.15, 0.2) is 0 Å². The van der Waals surface area contributed by atoms with Crippen molar-refractivity contribution in [2.45, 2.75) is 20.3 Å². The highest BCUT2D eigenvalue weighted by Crippen LogP contribution is 2.01. The summed E-state index contributed by atoms with van der Waals surface area (Å²) in [5, 5.41) is 0. The Morgan fingerprint density at radius 1 is 1.73 bits per heavy atom. The van der Waals surface area contributed by atoms with E-state index in [2.05, 4.69) is 16.8 Å². The molecule has 0 aromatic rings. The third kappa shape index (κ3) is 4.06. The van der Waals surface area contributed by atoms with Gasteiger partial charge in [0.05, 0.1) is 5.92 Å². The van der Waals surface area contributed by atoms with Crippen molar-refractivity contribution in [3.05, 3.63) is 0 Å². The van der Waals surface area contributed by atoms with Crippen molar-refractivity contribution >= 4 is 5.97 Å². The molecule has 0 N–H and O–H groups in total. The zero-order chi connectivity index (χ0) is 8.69. The Kier molecular flexibility index (Phi) is 4.69. The van der Waals surface area contributed by atoms with Gasteiger partial charge in [-0.1, -0.05) is 13.8 Å². The van der Waals surface area contributed by atoms with Crippen LogP contribution in [0.1, 0.15) is 20.3 Å². The van der Waals surface area contributed by atoms with E-state index in [0.29, 0.717) is 0 Å². The van der Waals surface area contributed by atoms with E-state index in [1.807, 2.05) is 12.8 Å². The number of carbonyl (C=O) groups is 1. The molecule has 1 unspecified atom stereocenters. The van der Waals surface area contributed by atoms with Gasteiger partial charge in [0.25, 0.3) is 0 Å². The lowest BCUT2D eigenvalue weighted by molar-refractivity contribution is -0.140. The van der Waals surface area contributed by atoms with Crippen molar-refractivity contribution in [3.63, 3.8) is 0 Å². The second-order valence-corrected chi connectivity index (χ2v) is 2.10. The van der Waals surface area contributed by atoms with Gasteiger partial charge in [-0.2, -0.15) is 0 Å². The molecule has 0 spiro atoms. The van der Waals surface area contributed by atoms with Gasteiger partial charge in [0.2, 0.25) is 0 Å². The molecule has 0 aliphatic rings. The van der Waals surface area contributed by atoms with E-state index in [1.54, 1.807) is 6.92 Å². The van der Waals surface area contributed by atoms with Gasteiger partial charge in [-0.3, -0.25) is 4.79 Å². The topological polar surface area (TPSA) is 26.3 Å². The molecule has 0 rings (SSSR count). The lowest BCUT2D eigenvalue weighted by atomic mass is 10.1. The Balaban J connectivity index is 3.81. The molecule has 11 heavy (non-hydrogen) atoms. The fraction of sp³-hybridized carbons (Fsp3) is 0.444. The molecule has 58 valence electrons. The summed E-state index contributed by atoms with van der Waals surface area (Å²) in [7, 11) is 0. The highest BCUT2D eigenvalue weighted by molar-refractivity contribution is 5.73. The Morgan fingerprint density at radius 2 is 2.36 bits per heavy atom. The Morgan fingerprint density at radius 3 is 2.82 bits per heavy atom. The van der Waals surface area contributed by atoms with Crippen LogP contribution in [0.25, 0.3) is 0 Å². The van der Waals surface area contributed by atoms with Crippen LogP contribution < -0.4 is 0 Å². The van der Waals surface area contributed by atoms with Gasteiger partial charge in [0.1, 0.15) is 6.11 Å². The van der Waals surface area contributed by atoms with Crippen LogP contribution in [0, 0.1) is 30.3 Å². The molecule has 0 saturated carbocycles. The van der Waals surface area contributed by atoms with E-state index < -0.39 is 0 Å². The van der Waals surface area contributed by atoms with Crippen molar-refractivity contribution in [2.75, 3.05) is 0 Å². The molecule has 0 bridgehead atoms. The second-order valence-electron chi connectivity index (χ2n) is 2.10. The highest BCUT2D eigenvalue weighted by Gasteiger charge is 2.10.